The largest absolute Gasteiger partial charge is 0.416 e. The molecule has 4 nitrogen and oxygen atoms in total. The Balaban J connectivity index is 1.35. The van der Waals surface area contributed by atoms with Gasteiger partial charge in [-0.25, -0.2) is 0 Å². The highest BCUT2D eigenvalue weighted by molar-refractivity contribution is 5.28. The molecule has 0 spiro atoms. The van der Waals surface area contributed by atoms with Crippen LogP contribution in [0.2, 0.25) is 0 Å². The van der Waals surface area contributed by atoms with E-state index >= 15 is 0 Å². The number of halogens is 3. The van der Waals surface area contributed by atoms with Crippen LogP contribution in [0.15, 0.2) is 36.0 Å². The highest BCUT2D eigenvalue weighted by atomic mass is 19.4. The lowest BCUT2D eigenvalue weighted by Crippen LogP contribution is -2.48. The van der Waals surface area contributed by atoms with E-state index in [0.29, 0.717) is 5.92 Å². The Morgan fingerprint density at radius 1 is 0.966 bits per heavy atom. The molecule has 29 heavy (non-hydrogen) atoms. The Bertz CT molecular complexity index is 642. The number of benzene rings is 1. The molecule has 1 saturated carbocycles. The first-order valence-electron chi connectivity index (χ1n) is 10.6. The van der Waals surface area contributed by atoms with Crippen LogP contribution in [-0.4, -0.2) is 67.3 Å². The van der Waals surface area contributed by atoms with E-state index in [1.165, 1.54) is 17.7 Å². The normalized spacial score (nSPS) is 21.9. The van der Waals surface area contributed by atoms with Crippen LogP contribution in [0.3, 0.4) is 0 Å². The van der Waals surface area contributed by atoms with Gasteiger partial charge in [0.15, 0.2) is 0 Å². The van der Waals surface area contributed by atoms with Crippen molar-refractivity contribution in [1.82, 2.24) is 15.1 Å². The lowest BCUT2D eigenvalue weighted by molar-refractivity contribution is -0.137. The van der Waals surface area contributed by atoms with Crippen molar-refractivity contribution < 1.29 is 18.3 Å². The summed E-state index contributed by atoms with van der Waals surface area (Å²) >= 11 is 0. The Hall–Kier alpha value is -1.57. The van der Waals surface area contributed by atoms with Gasteiger partial charge in [0.2, 0.25) is 0 Å². The topological polar surface area (TPSA) is 38.7 Å². The predicted molar refractivity (Wildman–Crippen MR) is 109 cm³/mol. The van der Waals surface area contributed by atoms with E-state index in [2.05, 4.69) is 21.3 Å². The Kier molecular flexibility index (Phi) is 7.98. The van der Waals surface area contributed by atoms with Crippen LogP contribution in [0.1, 0.15) is 42.7 Å². The van der Waals surface area contributed by atoms with Crippen molar-refractivity contribution in [2.75, 3.05) is 52.4 Å². The average molecular weight is 412 g/mol. The molecule has 162 valence electrons. The molecule has 1 heterocycles. The molecule has 0 amide bonds. The summed E-state index contributed by atoms with van der Waals surface area (Å²) in [6.07, 6.45) is 1.86. The fraction of sp³-hybridized carbons (Fsp3) is 0.636. The minimum Gasteiger partial charge on any atom is -0.395 e. The number of aliphatic hydroxyl groups is 1. The number of hydrogen-bond acceptors (Lipinski definition) is 4. The third-order valence-corrected chi connectivity index (χ3v) is 6.10. The van der Waals surface area contributed by atoms with Crippen molar-refractivity contribution in [1.29, 1.82) is 0 Å². The zero-order valence-corrected chi connectivity index (χ0v) is 16.9. The van der Waals surface area contributed by atoms with Gasteiger partial charge in [-0.2, -0.15) is 13.2 Å². The second-order valence-corrected chi connectivity index (χ2v) is 8.06. The van der Waals surface area contributed by atoms with Crippen LogP contribution in [0.25, 0.3) is 0 Å². The zero-order chi connectivity index (χ0) is 20.7. The van der Waals surface area contributed by atoms with Crippen molar-refractivity contribution in [2.45, 2.75) is 37.8 Å². The molecule has 2 N–H and O–H groups in total. The summed E-state index contributed by atoms with van der Waals surface area (Å²) in [7, 11) is 0. The van der Waals surface area contributed by atoms with Gasteiger partial charge in [-0.05, 0) is 55.5 Å². The quantitative estimate of drug-likeness (QED) is 0.675. The number of rotatable bonds is 7. The molecule has 0 bridgehead atoms. The van der Waals surface area contributed by atoms with Crippen molar-refractivity contribution in [3.05, 3.63) is 47.2 Å². The number of β-amino-alcohol motifs (C(OH)–C–C–N with tert-alkyl or cyclic N) is 1. The minimum absolute atomic E-state index is 0.231. The zero-order valence-electron chi connectivity index (χ0n) is 16.9. The van der Waals surface area contributed by atoms with E-state index in [-0.39, 0.29) is 6.61 Å². The molecule has 1 aromatic rings. The van der Waals surface area contributed by atoms with Crippen molar-refractivity contribution in [2.24, 2.45) is 0 Å². The molecule has 1 aliphatic carbocycles. The van der Waals surface area contributed by atoms with Crippen LogP contribution < -0.4 is 5.32 Å². The first-order chi connectivity index (χ1) is 14.0. The Morgan fingerprint density at radius 2 is 1.55 bits per heavy atom. The summed E-state index contributed by atoms with van der Waals surface area (Å²) in [5.74, 6) is 0.352. The Morgan fingerprint density at radius 3 is 2.10 bits per heavy atom. The second-order valence-electron chi connectivity index (χ2n) is 8.06. The lowest BCUT2D eigenvalue weighted by atomic mass is 9.81. The van der Waals surface area contributed by atoms with E-state index < -0.39 is 11.7 Å². The molecule has 2 aliphatic rings. The fourth-order valence-electron chi connectivity index (χ4n) is 4.23. The summed E-state index contributed by atoms with van der Waals surface area (Å²) in [6, 6.07) is 5.68. The van der Waals surface area contributed by atoms with Crippen LogP contribution >= 0.6 is 0 Å². The molecule has 1 aliphatic heterocycles. The number of alkyl halides is 3. The van der Waals surface area contributed by atoms with Crippen LogP contribution in [-0.2, 0) is 6.18 Å². The van der Waals surface area contributed by atoms with Gasteiger partial charge in [0.25, 0.3) is 0 Å². The predicted octanol–water partition coefficient (Wildman–Crippen LogP) is 3.45. The smallest absolute Gasteiger partial charge is 0.395 e. The van der Waals surface area contributed by atoms with E-state index in [9.17, 15) is 13.2 Å². The average Bonchev–Trinajstić information content (AvgIpc) is 2.72. The minimum atomic E-state index is -4.26. The monoisotopic (exact) mass is 411 g/mol. The maximum Gasteiger partial charge on any atom is 0.416 e. The van der Waals surface area contributed by atoms with Gasteiger partial charge in [-0.3, -0.25) is 9.80 Å². The third kappa shape index (κ3) is 6.73. The number of aliphatic hydroxyl groups excluding tert-OH is 1. The second kappa shape index (κ2) is 10.5. The number of nitrogens with zero attached hydrogens (tertiary/aromatic N) is 2. The van der Waals surface area contributed by atoms with Gasteiger partial charge in [-0.1, -0.05) is 17.7 Å². The SMILES string of the molecule is OCCN1CCN(CCNC=C2CCC(c3ccc(C(F)(F)F)cc3)CC2)CC1. The number of hydrogen-bond donors (Lipinski definition) is 2. The first-order valence-corrected chi connectivity index (χ1v) is 10.6. The highest BCUT2D eigenvalue weighted by Gasteiger charge is 2.30. The van der Waals surface area contributed by atoms with Gasteiger partial charge < -0.3 is 10.4 Å². The molecule has 7 heteroatoms. The molecule has 0 atom stereocenters. The third-order valence-electron chi connectivity index (χ3n) is 6.10. The molecular weight excluding hydrogens is 379 g/mol. The number of nitrogens with one attached hydrogen (secondary N) is 1. The van der Waals surface area contributed by atoms with Crippen molar-refractivity contribution in [3.63, 3.8) is 0 Å². The number of allylic oxidation sites excluding steroid dienone is 1. The molecule has 1 saturated heterocycles. The van der Waals surface area contributed by atoms with Crippen molar-refractivity contribution in [3.8, 4) is 0 Å². The van der Waals surface area contributed by atoms with Gasteiger partial charge in [-0.15, -0.1) is 0 Å². The van der Waals surface area contributed by atoms with Gasteiger partial charge >= 0.3 is 6.18 Å². The van der Waals surface area contributed by atoms with Gasteiger partial charge in [0.1, 0.15) is 0 Å². The van der Waals surface area contributed by atoms with Crippen LogP contribution in [0.4, 0.5) is 13.2 Å². The molecular formula is C22H32F3N3O. The summed E-state index contributed by atoms with van der Waals surface area (Å²) in [5, 5.41) is 12.4. The van der Waals surface area contributed by atoms with Crippen LogP contribution in [0.5, 0.6) is 0 Å². The van der Waals surface area contributed by atoms with Crippen molar-refractivity contribution >= 4 is 0 Å². The standard InChI is InChI=1S/C22H32F3N3O/c23-22(24,25)21-7-5-20(6-8-21)19-3-1-18(2-4-19)17-26-9-10-27-11-13-28(14-12-27)15-16-29/h5-8,17,19,26,29H,1-4,9-16H2. The molecule has 1 aromatic carbocycles. The molecule has 0 radical (unpaired) electrons. The maximum atomic E-state index is 12.7. The summed E-state index contributed by atoms with van der Waals surface area (Å²) < 4.78 is 38.1. The van der Waals surface area contributed by atoms with Gasteiger partial charge in [0, 0.05) is 45.8 Å². The van der Waals surface area contributed by atoms with Crippen LogP contribution in [0, 0.1) is 0 Å². The summed E-state index contributed by atoms with van der Waals surface area (Å²) in [4.78, 5) is 4.74. The van der Waals surface area contributed by atoms with E-state index in [1.807, 2.05) is 0 Å². The molecule has 0 unspecified atom stereocenters. The maximum absolute atomic E-state index is 12.7. The molecule has 3 rings (SSSR count). The first kappa shape index (κ1) is 22.1. The van der Waals surface area contributed by atoms with E-state index in [1.54, 1.807) is 12.1 Å². The van der Waals surface area contributed by atoms with Gasteiger partial charge in [0.05, 0.1) is 12.2 Å². The molecule has 2 fully saturated rings. The summed E-state index contributed by atoms with van der Waals surface area (Å²) in [6.45, 7) is 7.08. The molecule has 0 aromatic heterocycles. The summed E-state index contributed by atoms with van der Waals surface area (Å²) in [5.41, 5.74) is 1.85. The fourth-order valence-corrected chi connectivity index (χ4v) is 4.23. The number of piperazine rings is 1. The van der Waals surface area contributed by atoms with E-state index in [0.717, 1.165) is 77.1 Å². The lowest BCUT2D eigenvalue weighted by Gasteiger charge is -2.34. The highest BCUT2D eigenvalue weighted by Crippen LogP contribution is 2.36. The van der Waals surface area contributed by atoms with E-state index in [4.69, 9.17) is 5.11 Å². The Labute approximate surface area is 171 Å².